The number of nitrogens with one attached hydrogen (secondary N) is 2. The second-order valence-corrected chi connectivity index (χ2v) is 8.43. The topological polar surface area (TPSA) is 122 Å². The molecule has 0 spiro atoms. The van der Waals surface area contributed by atoms with Crippen LogP contribution in [0.15, 0.2) is 60.7 Å². The molecule has 0 fully saturated rings. The Morgan fingerprint density at radius 3 is 2.06 bits per heavy atom. The second-order valence-electron chi connectivity index (χ2n) is 8.43. The predicted molar refractivity (Wildman–Crippen MR) is 128 cm³/mol. The molecule has 0 unspecified atom stereocenters. The molecule has 0 bridgehead atoms. The molecule has 0 aliphatic carbocycles. The molecule has 1 heterocycles. The summed E-state index contributed by atoms with van der Waals surface area (Å²) < 4.78 is 4.95. The smallest absolute Gasteiger partial charge is 0.338 e. The molecule has 0 saturated carbocycles. The van der Waals surface area contributed by atoms with Crippen molar-refractivity contribution in [3.63, 3.8) is 0 Å². The average molecular weight is 473 g/mol. The van der Waals surface area contributed by atoms with E-state index in [1.807, 2.05) is 26.0 Å². The molecule has 0 atom stereocenters. The Morgan fingerprint density at radius 2 is 1.49 bits per heavy atom. The van der Waals surface area contributed by atoms with Crippen LogP contribution in [0.5, 0.6) is 0 Å². The minimum atomic E-state index is -0.791. The van der Waals surface area contributed by atoms with Gasteiger partial charge in [0.15, 0.2) is 6.61 Å². The van der Waals surface area contributed by atoms with E-state index in [2.05, 4.69) is 10.6 Å². The molecule has 9 nitrogen and oxygen atoms in total. The first kappa shape index (κ1) is 23.6. The zero-order valence-corrected chi connectivity index (χ0v) is 19.2. The van der Waals surface area contributed by atoms with Gasteiger partial charge < -0.3 is 10.1 Å². The van der Waals surface area contributed by atoms with Crippen molar-refractivity contribution in [3.05, 3.63) is 77.4 Å². The normalized spacial score (nSPS) is 12.6. The average Bonchev–Trinajstić information content (AvgIpc) is 2.85. The highest BCUT2D eigenvalue weighted by atomic mass is 16.5. The summed E-state index contributed by atoms with van der Waals surface area (Å²) in [5, 5.41) is 6.02. The number of benzene rings is 3. The van der Waals surface area contributed by atoms with Crippen molar-refractivity contribution in [3.8, 4) is 0 Å². The molecule has 1 aliphatic heterocycles. The Hall–Kier alpha value is -4.53. The van der Waals surface area contributed by atoms with Crippen molar-refractivity contribution in [2.75, 3.05) is 18.1 Å². The van der Waals surface area contributed by atoms with Crippen molar-refractivity contribution in [2.24, 2.45) is 5.92 Å². The first-order valence-corrected chi connectivity index (χ1v) is 11.0. The molecular weight excluding hydrogens is 450 g/mol. The van der Waals surface area contributed by atoms with E-state index in [1.54, 1.807) is 24.3 Å². The van der Waals surface area contributed by atoms with Gasteiger partial charge in [-0.05, 0) is 47.7 Å². The number of urea groups is 1. The van der Waals surface area contributed by atoms with Gasteiger partial charge in [0, 0.05) is 23.1 Å². The van der Waals surface area contributed by atoms with Gasteiger partial charge in [-0.3, -0.25) is 19.7 Å². The summed E-state index contributed by atoms with van der Waals surface area (Å²) >= 11 is 0. The van der Waals surface area contributed by atoms with Gasteiger partial charge in [0.25, 0.3) is 17.7 Å². The van der Waals surface area contributed by atoms with Gasteiger partial charge in [-0.1, -0.05) is 38.1 Å². The molecule has 35 heavy (non-hydrogen) atoms. The number of anilines is 1. The van der Waals surface area contributed by atoms with Crippen molar-refractivity contribution < 1.29 is 28.7 Å². The van der Waals surface area contributed by atoms with Crippen LogP contribution in [-0.4, -0.2) is 42.9 Å². The zero-order chi connectivity index (χ0) is 25.1. The van der Waals surface area contributed by atoms with Gasteiger partial charge in [-0.2, -0.15) is 0 Å². The maximum atomic E-state index is 13.1. The van der Waals surface area contributed by atoms with E-state index < -0.39 is 36.3 Å². The van der Waals surface area contributed by atoms with Crippen molar-refractivity contribution in [1.82, 2.24) is 10.6 Å². The summed E-state index contributed by atoms with van der Waals surface area (Å²) in [6.45, 7) is 3.57. The number of carbonyl (C=O) groups excluding carboxylic acids is 5. The number of rotatable bonds is 6. The van der Waals surface area contributed by atoms with E-state index >= 15 is 0 Å². The van der Waals surface area contributed by atoms with Crippen LogP contribution in [0.2, 0.25) is 0 Å². The Kier molecular flexibility index (Phi) is 6.59. The number of hydrogen-bond donors (Lipinski definition) is 2. The first-order valence-electron chi connectivity index (χ1n) is 11.0. The molecule has 5 amide bonds. The fourth-order valence-corrected chi connectivity index (χ4v) is 3.73. The second kappa shape index (κ2) is 9.76. The maximum Gasteiger partial charge on any atom is 0.338 e. The Balaban J connectivity index is 1.42. The lowest BCUT2D eigenvalue weighted by atomic mass is 9.94. The predicted octanol–water partition coefficient (Wildman–Crippen LogP) is 3.28. The number of carbonyl (C=O) groups is 5. The van der Waals surface area contributed by atoms with Crippen LogP contribution in [0.25, 0.3) is 10.8 Å². The van der Waals surface area contributed by atoms with Gasteiger partial charge in [-0.25, -0.2) is 14.5 Å². The Morgan fingerprint density at radius 1 is 0.886 bits per heavy atom. The summed E-state index contributed by atoms with van der Waals surface area (Å²) in [6, 6.07) is 15.6. The maximum absolute atomic E-state index is 13.1. The molecule has 0 radical (unpaired) electrons. The number of nitrogens with zero attached hydrogens (tertiary/aromatic N) is 1. The summed E-state index contributed by atoms with van der Waals surface area (Å²) in [4.78, 5) is 63.0. The van der Waals surface area contributed by atoms with Crippen LogP contribution < -0.4 is 15.5 Å². The molecule has 3 aromatic rings. The minimum Gasteiger partial charge on any atom is -0.452 e. The summed E-state index contributed by atoms with van der Waals surface area (Å²) in [5.41, 5.74) is 1.25. The minimum absolute atomic E-state index is 0.116. The number of ether oxygens (including phenoxy) is 1. The lowest BCUT2D eigenvalue weighted by Crippen LogP contribution is -2.42. The third-order valence-corrected chi connectivity index (χ3v) is 5.39. The summed E-state index contributed by atoms with van der Waals surface area (Å²) in [7, 11) is 0. The van der Waals surface area contributed by atoms with E-state index in [1.165, 1.54) is 24.3 Å². The molecule has 0 saturated heterocycles. The summed E-state index contributed by atoms with van der Waals surface area (Å²) in [5.74, 6) is -2.26. The molecule has 178 valence electrons. The van der Waals surface area contributed by atoms with Crippen LogP contribution in [0.3, 0.4) is 0 Å². The van der Waals surface area contributed by atoms with Crippen LogP contribution in [0, 0.1) is 5.92 Å². The summed E-state index contributed by atoms with van der Waals surface area (Å²) in [6.07, 6.45) is 0. The third-order valence-electron chi connectivity index (χ3n) is 5.39. The standard InChI is InChI=1S/C26H23N3O6/c1-15(2)13-27-26(34)28-21(30)14-35-25(33)17-9-11-18(12-10-17)29-23(31)19-7-3-5-16-6-4-8-20(22(16)19)24(29)32/h3-12,15H,13-14H2,1-2H3,(H2,27,28,30,34). The number of hydrogen-bond acceptors (Lipinski definition) is 6. The highest BCUT2D eigenvalue weighted by molar-refractivity contribution is 6.35. The van der Waals surface area contributed by atoms with E-state index in [0.29, 0.717) is 28.7 Å². The lowest BCUT2D eigenvalue weighted by molar-refractivity contribution is -0.123. The quantitative estimate of drug-likeness (QED) is 0.419. The van der Waals surface area contributed by atoms with Gasteiger partial charge in [-0.15, -0.1) is 0 Å². The number of esters is 1. The molecule has 0 aromatic heterocycles. The number of amides is 5. The van der Waals surface area contributed by atoms with Crippen LogP contribution in [0.1, 0.15) is 44.9 Å². The monoisotopic (exact) mass is 473 g/mol. The molecular formula is C26H23N3O6. The molecule has 1 aliphatic rings. The van der Waals surface area contributed by atoms with Crippen LogP contribution in [0.4, 0.5) is 10.5 Å². The van der Waals surface area contributed by atoms with Crippen LogP contribution >= 0.6 is 0 Å². The third kappa shape index (κ3) is 4.89. The molecule has 3 aromatic carbocycles. The number of imide groups is 2. The molecule has 4 rings (SSSR count). The zero-order valence-electron chi connectivity index (χ0n) is 19.2. The molecule has 9 heteroatoms. The van der Waals surface area contributed by atoms with Gasteiger partial charge in [0.05, 0.1) is 11.3 Å². The van der Waals surface area contributed by atoms with E-state index in [-0.39, 0.29) is 11.5 Å². The van der Waals surface area contributed by atoms with Crippen molar-refractivity contribution in [1.29, 1.82) is 0 Å². The molecule has 2 N–H and O–H groups in total. The van der Waals surface area contributed by atoms with E-state index in [4.69, 9.17) is 4.74 Å². The lowest BCUT2D eigenvalue weighted by Gasteiger charge is -2.27. The SMILES string of the molecule is CC(C)CNC(=O)NC(=O)COC(=O)c1ccc(N2C(=O)c3cccc4cccc(c34)C2=O)cc1. The van der Waals surface area contributed by atoms with Crippen molar-refractivity contribution in [2.45, 2.75) is 13.8 Å². The largest absolute Gasteiger partial charge is 0.452 e. The van der Waals surface area contributed by atoms with E-state index in [0.717, 1.165) is 10.3 Å². The van der Waals surface area contributed by atoms with Crippen LogP contribution in [-0.2, 0) is 9.53 Å². The first-order chi connectivity index (χ1) is 16.8. The Labute approximate surface area is 201 Å². The Bertz CT molecular complexity index is 1300. The van der Waals surface area contributed by atoms with Gasteiger partial charge in [0.2, 0.25) is 0 Å². The fourth-order valence-electron chi connectivity index (χ4n) is 3.73. The van der Waals surface area contributed by atoms with Crippen molar-refractivity contribution >= 4 is 46.2 Å². The highest BCUT2D eigenvalue weighted by Gasteiger charge is 2.33. The van der Waals surface area contributed by atoms with Gasteiger partial charge in [0.1, 0.15) is 0 Å². The fraction of sp³-hybridized carbons (Fsp3) is 0.192. The van der Waals surface area contributed by atoms with E-state index in [9.17, 15) is 24.0 Å². The highest BCUT2D eigenvalue weighted by Crippen LogP contribution is 2.32. The van der Waals surface area contributed by atoms with Gasteiger partial charge >= 0.3 is 12.0 Å².